The van der Waals surface area contributed by atoms with Gasteiger partial charge in [0.1, 0.15) is 25.1 Å². The van der Waals surface area contributed by atoms with Gasteiger partial charge in [0.15, 0.2) is 0 Å². The van der Waals surface area contributed by atoms with Crippen LogP contribution in [0.4, 0.5) is 0 Å². The van der Waals surface area contributed by atoms with Crippen molar-refractivity contribution in [3.8, 4) is 0 Å². The average molecular weight is 414 g/mol. The summed E-state index contributed by atoms with van der Waals surface area (Å²) in [7, 11) is -17.0. The molecule has 2 aliphatic heterocycles. The fourth-order valence-corrected chi connectivity index (χ4v) is 9.89. The molecule has 0 bridgehead atoms. The molecule has 2 fully saturated rings. The van der Waals surface area contributed by atoms with Crippen LogP contribution < -0.4 is 0 Å². The first-order valence-corrected chi connectivity index (χ1v) is 13.4. The zero-order valence-electron chi connectivity index (χ0n) is 12.0. The lowest BCUT2D eigenvalue weighted by atomic mass is 10.3. The van der Waals surface area contributed by atoms with Crippen molar-refractivity contribution in [3.63, 3.8) is 0 Å². The van der Waals surface area contributed by atoms with Gasteiger partial charge in [-0.25, -0.2) is 8.62 Å². The smallest absolute Gasteiger partial charge is 0.323 e. The highest BCUT2D eigenvalue weighted by Gasteiger charge is 2.45. The minimum absolute atomic E-state index is 0.0432. The van der Waals surface area contributed by atoms with E-state index in [1.807, 2.05) is 0 Å². The molecule has 4 N–H and O–H groups in total. The zero-order chi connectivity index (χ0) is 17.7. The Morgan fingerprint density at radius 3 is 1.57 bits per heavy atom. The van der Waals surface area contributed by atoms with Gasteiger partial charge in [0, 0.05) is 12.6 Å². The molecule has 12 nitrogen and oxygen atoms in total. The molecule has 2 saturated heterocycles. The third-order valence-electron chi connectivity index (χ3n) is 3.13. The van der Waals surface area contributed by atoms with Gasteiger partial charge in [-0.15, -0.1) is 0 Å². The van der Waals surface area contributed by atoms with Crippen molar-refractivity contribution < 1.29 is 46.5 Å². The number of rotatable bonds is 3. The molecule has 0 aromatic heterocycles. The van der Waals surface area contributed by atoms with Gasteiger partial charge in [0.05, 0.1) is 0 Å². The highest BCUT2D eigenvalue weighted by molar-refractivity contribution is 7.67. The predicted molar refractivity (Wildman–Crippen MR) is 78.9 cm³/mol. The maximum Gasteiger partial charge on any atom is 0.349 e. The van der Waals surface area contributed by atoms with Gasteiger partial charge in [-0.3, -0.25) is 28.1 Å². The van der Waals surface area contributed by atoms with Gasteiger partial charge in [0.25, 0.3) is 0 Å². The van der Waals surface area contributed by atoms with E-state index in [-0.39, 0.29) is 6.54 Å². The molecule has 0 radical (unpaired) electrons. The lowest BCUT2D eigenvalue weighted by Crippen LogP contribution is -2.46. The van der Waals surface area contributed by atoms with Crippen LogP contribution in [-0.2, 0) is 26.9 Å². The highest BCUT2D eigenvalue weighted by atomic mass is 31.3. The monoisotopic (exact) mass is 414 g/mol. The summed E-state index contributed by atoms with van der Waals surface area (Å²) in [6.45, 7) is 1.50. The topological polar surface area (TPSA) is 174 Å². The lowest BCUT2D eigenvalue weighted by molar-refractivity contribution is 0.159. The summed E-state index contributed by atoms with van der Waals surface area (Å²) < 4.78 is 54.9. The molecule has 2 aliphatic rings. The van der Waals surface area contributed by atoms with Gasteiger partial charge < -0.3 is 19.6 Å². The summed E-state index contributed by atoms with van der Waals surface area (Å²) in [5, 5.41) is 0. The first kappa shape index (κ1) is 19.9. The van der Waals surface area contributed by atoms with Gasteiger partial charge >= 0.3 is 30.4 Å². The molecular formula is C7H18N2O10P4. The molecule has 0 amide bonds. The molecule has 2 heterocycles. The summed E-state index contributed by atoms with van der Waals surface area (Å²) in [4.78, 5) is 40.2. The van der Waals surface area contributed by atoms with Crippen LogP contribution in [0, 0.1) is 0 Å². The Morgan fingerprint density at radius 1 is 0.826 bits per heavy atom. The maximum absolute atomic E-state index is 11.6. The van der Waals surface area contributed by atoms with E-state index in [1.54, 1.807) is 6.92 Å². The molecule has 16 heteroatoms. The minimum Gasteiger partial charge on any atom is -0.323 e. The van der Waals surface area contributed by atoms with Crippen LogP contribution in [0.25, 0.3) is 0 Å². The Morgan fingerprint density at radius 2 is 1.17 bits per heavy atom. The Labute approximate surface area is 132 Å². The van der Waals surface area contributed by atoms with Crippen molar-refractivity contribution in [2.75, 3.05) is 31.7 Å². The Hall–Kier alpha value is 0.600. The normalized spacial score (nSPS) is 48.2. The standard InChI is InChI=1S/C7H18N2O10P4/c1-7(9-5-22(14,15)19-23(16,17)6-9)2-8-3-20(10,11)18-21(12,13)4-8/h7H,2-6H2,1H3,(H,10,11)(H,12,13)(H,14,15)(H,16,17). The lowest BCUT2D eigenvalue weighted by Gasteiger charge is -2.39. The van der Waals surface area contributed by atoms with Gasteiger partial charge in [-0.05, 0) is 6.92 Å². The van der Waals surface area contributed by atoms with Crippen LogP contribution in [0.2, 0.25) is 0 Å². The summed E-state index contributed by atoms with van der Waals surface area (Å²) in [5.74, 6) is 0. The first-order chi connectivity index (χ1) is 10.2. The second kappa shape index (κ2) is 6.40. The predicted octanol–water partition coefficient (Wildman–Crippen LogP) is 0.611. The molecule has 0 aromatic rings. The summed E-state index contributed by atoms with van der Waals surface area (Å²) in [6, 6.07) is -0.613. The highest BCUT2D eigenvalue weighted by Crippen LogP contribution is 2.65. The number of hydrogen-bond acceptors (Lipinski definition) is 8. The van der Waals surface area contributed by atoms with Crippen LogP contribution >= 0.6 is 30.4 Å². The van der Waals surface area contributed by atoms with Crippen molar-refractivity contribution in [3.05, 3.63) is 0 Å². The van der Waals surface area contributed by atoms with E-state index >= 15 is 0 Å². The maximum atomic E-state index is 11.6. The second-order valence-electron chi connectivity index (χ2n) is 5.57. The number of nitrogens with zero attached hydrogens (tertiary/aromatic N) is 2. The fraction of sp³-hybridized carbons (Fsp3) is 1.00. The Bertz CT molecular complexity index is 620. The van der Waals surface area contributed by atoms with Crippen molar-refractivity contribution in [1.82, 2.24) is 9.80 Å². The summed E-state index contributed by atoms with van der Waals surface area (Å²) >= 11 is 0. The molecular weight excluding hydrogens is 396 g/mol. The van der Waals surface area contributed by atoms with Gasteiger partial charge in [-0.1, -0.05) is 0 Å². The van der Waals surface area contributed by atoms with Gasteiger partial charge in [0.2, 0.25) is 0 Å². The van der Waals surface area contributed by atoms with Crippen LogP contribution in [-0.4, -0.2) is 67.1 Å². The number of hydrogen-bond donors (Lipinski definition) is 4. The van der Waals surface area contributed by atoms with E-state index in [9.17, 15) is 37.8 Å². The molecule has 136 valence electrons. The Kier molecular flexibility index (Phi) is 5.54. The van der Waals surface area contributed by atoms with E-state index in [0.29, 0.717) is 0 Å². The van der Waals surface area contributed by atoms with E-state index in [2.05, 4.69) is 8.62 Å². The third kappa shape index (κ3) is 5.82. The van der Waals surface area contributed by atoms with E-state index < -0.39 is 61.6 Å². The fourth-order valence-electron chi connectivity index (χ4n) is 2.44. The molecule has 5 unspecified atom stereocenters. The van der Waals surface area contributed by atoms with Crippen molar-refractivity contribution >= 4 is 30.4 Å². The van der Waals surface area contributed by atoms with Crippen LogP contribution in [0.5, 0.6) is 0 Å². The molecule has 0 aliphatic carbocycles. The molecule has 0 aromatic carbocycles. The quantitative estimate of drug-likeness (QED) is 0.475. The molecule has 0 spiro atoms. The largest absolute Gasteiger partial charge is 0.349 e. The average Bonchev–Trinajstić information content (AvgIpc) is 2.19. The molecule has 0 saturated carbocycles. The van der Waals surface area contributed by atoms with E-state index in [0.717, 1.165) is 0 Å². The Balaban J connectivity index is 2.08. The van der Waals surface area contributed by atoms with Crippen molar-refractivity contribution in [1.29, 1.82) is 0 Å². The van der Waals surface area contributed by atoms with E-state index in [1.165, 1.54) is 9.80 Å². The zero-order valence-corrected chi connectivity index (χ0v) is 15.6. The van der Waals surface area contributed by atoms with Crippen LogP contribution in [0.1, 0.15) is 6.92 Å². The molecule has 2 rings (SSSR count). The summed E-state index contributed by atoms with van der Waals surface area (Å²) in [5.41, 5.74) is 0. The van der Waals surface area contributed by atoms with Crippen molar-refractivity contribution in [2.45, 2.75) is 13.0 Å². The van der Waals surface area contributed by atoms with E-state index in [4.69, 9.17) is 0 Å². The first-order valence-electron chi connectivity index (χ1n) is 6.35. The summed E-state index contributed by atoms with van der Waals surface area (Å²) in [6.07, 6.45) is -1.95. The molecule has 5 atom stereocenters. The minimum atomic E-state index is -4.26. The van der Waals surface area contributed by atoms with Crippen LogP contribution in [0.15, 0.2) is 0 Å². The molecule has 23 heavy (non-hydrogen) atoms. The van der Waals surface area contributed by atoms with Crippen molar-refractivity contribution in [2.24, 2.45) is 0 Å². The third-order valence-corrected chi connectivity index (χ3v) is 10.2. The van der Waals surface area contributed by atoms with Crippen LogP contribution in [0.3, 0.4) is 0 Å². The van der Waals surface area contributed by atoms with Gasteiger partial charge in [-0.2, -0.15) is 0 Å². The second-order valence-corrected chi connectivity index (χ2v) is 13.1. The SMILES string of the molecule is CC(CN1CP(=O)(O)OP(=O)(O)C1)N1CP(=O)(O)OP(=O)(O)C1.